The SMILES string of the molecule is CC(C)[C@H](O)[C@H](N)c1c(F)ccc(F)c1Cl. The number of nitrogens with two attached hydrogens (primary N) is 1. The monoisotopic (exact) mass is 249 g/mol. The van der Waals surface area contributed by atoms with Crippen molar-refractivity contribution in [2.45, 2.75) is 26.0 Å². The summed E-state index contributed by atoms with van der Waals surface area (Å²) in [4.78, 5) is 0. The standard InChI is InChI=1S/C11H14ClF2NO/c1-5(2)11(16)10(15)8-6(13)3-4-7(14)9(8)12/h3-5,10-11,16H,15H2,1-2H3/t10-,11+/m1/s1. The van der Waals surface area contributed by atoms with E-state index in [1.165, 1.54) is 0 Å². The Bertz CT molecular complexity index is 384. The van der Waals surface area contributed by atoms with E-state index in [0.717, 1.165) is 12.1 Å². The van der Waals surface area contributed by atoms with Gasteiger partial charge < -0.3 is 10.8 Å². The molecule has 2 atom stereocenters. The topological polar surface area (TPSA) is 46.2 Å². The zero-order chi connectivity index (χ0) is 12.5. The van der Waals surface area contributed by atoms with E-state index in [1.807, 2.05) is 0 Å². The van der Waals surface area contributed by atoms with Gasteiger partial charge in [-0.15, -0.1) is 0 Å². The van der Waals surface area contributed by atoms with Crippen LogP contribution in [0.3, 0.4) is 0 Å². The van der Waals surface area contributed by atoms with Gasteiger partial charge >= 0.3 is 0 Å². The second-order valence-electron chi connectivity index (χ2n) is 4.02. The van der Waals surface area contributed by atoms with Crippen LogP contribution in [0.4, 0.5) is 8.78 Å². The molecule has 0 radical (unpaired) electrons. The Kier molecular flexibility index (Phi) is 4.24. The maximum atomic E-state index is 13.5. The average Bonchev–Trinajstić information content (AvgIpc) is 2.22. The van der Waals surface area contributed by atoms with Crippen LogP contribution in [0.5, 0.6) is 0 Å². The van der Waals surface area contributed by atoms with Gasteiger partial charge in [0, 0.05) is 5.56 Å². The fourth-order valence-corrected chi connectivity index (χ4v) is 1.71. The molecule has 0 aromatic heterocycles. The molecule has 1 rings (SSSR count). The average molecular weight is 250 g/mol. The summed E-state index contributed by atoms with van der Waals surface area (Å²) in [7, 11) is 0. The molecular formula is C11H14ClF2NO. The Morgan fingerprint density at radius 3 is 2.25 bits per heavy atom. The van der Waals surface area contributed by atoms with E-state index in [1.54, 1.807) is 13.8 Å². The normalized spacial score (nSPS) is 15.2. The molecule has 1 aromatic carbocycles. The van der Waals surface area contributed by atoms with Crippen LogP contribution in [-0.4, -0.2) is 11.2 Å². The van der Waals surface area contributed by atoms with Crippen LogP contribution in [0.25, 0.3) is 0 Å². The van der Waals surface area contributed by atoms with E-state index >= 15 is 0 Å². The lowest BCUT2D eigenvalue weighted by molar-refractivity contribution is 0.0965. The molecule has 0 saturated heterocycles. The number of aliphatic hydroxyl groups is 1. The number of aliphatic hydroxyl groups excluding tert-OH is 1. The second kappa shape index (κ2) is 5.08. The predicted molar refractivity (Wildman–Crippen MR) is 59.1 cm³/mol. The fraction of sp³-hybridized carbons (Fsp3) is 0.455. The summed E-state index contributed by atoms with van der Waals surface area (Å²) < 4.78 is 26.6. The van der Waals surface area contributed by atoms with Crippen LogP contribution in [0, 0.1) is 17.6 Å². The van der Waals surface area contributed by atoms with Crippen molar-refractivity contribution in [2.75, 3.05) is 0 Å². The van der Waals surface area contributed by atoms with Crippen LogP contribution >= 0.6 is 11.6 Å². The molecule has 16 heavy (non-hydrogen) atoms. The van der Waals surface area contributed by atoms with Gasteiger partial charge in [0.15, 0.2) is 0 Å². The highest BCUT2D eigenvalue weighted by atomic mass is 35.5. The minimum absolute atomic E-state index is 0.172. The smallest absolute Gasteiger partial charge is 0.142 e. The Labute approximate surface area is 98.0 Å². The van der Waals surface area contributed by atoms with Gasteiger partial charge in [-0.3, -0.25) is 0 Å². The Hall–Kier alpha value is -0.710. The van der Waals surface area contributed by atoms with E-state index in [-0.39, 0.29) is 16.5 Å². The molecule has 90 valence electrons. The maximum Gasteiger partial charge on any atom is 0.142 e. The lowest BCUT2D eigenvalue weighted by atomic mass is 9.94. The number of halogens is 3. The van der Waals surface area contributed by atoms with Crippen molar-refractivity contribution in [3.05, 3.63) is 34.4 Å². The van der Waals surface area contributed by atoms with Crippen LogP contribution in [0.2, 0.25) is 5.02 Å². The minimum Gasteiger partial charge on any atom is -0.391 e. The largest absolute Gasteiger partial charge is 0.391 e. The molecule has 3 N–H and O–H groups in total. The lowest BCUT2D eigenvalue weighted by Crippen LogP contribution is -2.31. The summed E-state index contributed by atoms with van der Waals surface area (Å²) >= 11 is 5.64. The van der Waals surface area contributed by atoms with Gasteiger partial charge in [0.2, 0.25) is 0 Å². The zero-order valence-corrected chi connectivity index (χ0v) is 9.80. The second-order valence-corrected chi connectivity index (χ2v) is 4.40. The zero-order valence-electron chi connectivity index (χ0n) is 9.05. The molecule has 0 bridgehead atoms. The van der Waals surface area contributed by atoms with E-state index in [0.29, 0.717) is 0 Å². The Morgan fingerprint density at radius 2 is 1.75 bits per heavy atom. The minimum atomic E-state index is -1.04. The summed E-state index contributed by atoms with van der Waals surface area (Å²) in [5.41, 5.74) is 5.49. The molecule has 0 spiro atoms. The molecule has 0 aliphatic carbocycles. The molecular weight excluding hydrogens is 236 g/mol. The maximum absolute atomic E-state index is 13.5. The first-order valence-corrected chi connectivity index (χ1v) is 5.31. The van der Waals surface area contributed by atoms with Gasteiger partial charge in [-0.2, -0.15) is 0 Å². The molecule has 0 aliphatic rings. The summed E-state index contributed by atoms with van der Waals surface area (Å²) in [6.45, 7) is 3.46. The number of rotatable bonds is 3. The van der Waals surface area contributed by atoms with Crippen LogP contribution in [0.1, 0.15) is 25.5 Å². The highest BCUT2D eigenvalue weighted by Gasteiger charge is 2.26. The summed E-state index contributed by atoms with van der Waals surface area (Å²) in [6.07, 6.45) is -0.978. The first-order valence-electron chi connectivity index (χ1n) is 4.93. The summed E-state index contributed by atoms with van der Waals surface area (Å²) in [6, 6.07) is 0.835. The molecule has 0 fully saturated rings. The fourth-order valence-electron chi connectivity index (χ4n) is 1.43. The Morgan fingerprint density at radius 1 is 1.25 bits per heavy atom. The van der Waals surface area contributed by atoms with Crippen LogP contribution in [-0.2, 0) is 0 Å². The molecule has 2 nitrogen and oxygen atoms in total. The van der Waals surface area contributed by atoms with Crippen LogP contribution < -0.4 is 5.73 Å². The third-order valence-corrected chi connectivity index (χ3v) is 2.85. The predicted octanol–water partition coefficient (Wildman–Crippen LogP) is 2.63. The third-order valence-electron chi connectivity index (χ3n) is 2.46. The molecule has 5 heteroatoms. The molecule has 0 heterocycles. The van der Waals surface area contributed by atoms with E-state index < -0.39 is 23.8 Å². The van der Waals surface area contributed by atoms with Crippen molar-refractivity contribution < 1.29 is 13.9 Å². The number of benzene rings is 1. The molecule has 0 saturated carbocycles. The number of hydrogen-bond donors (Lipinski definition) is 2. The highest BCUT2D eigenvalue weighted by molar-refractivity contribution is 6.31. The van der Waals surface area contributed by atoms with Gasteiger partial charge in [-0.05, 0) is 18.1 Å². The van der Waals surface area contributed by atoms with Gasteiger partial charge in [0.1, 0.15) is 11.6 Å². The van der Waals surface area contributed by atoms with Gasteiger partial charge in [0.05, 0.1) is 17.2 Å². The first-order chi connectivity index (χ1) is 7.36. The van der Waals surface area contributed by atoms with Crippen molar-refractivity contribution in [3.8, 4) is 0 Å². The number of hydrogen-bond acceptors (Lipinski definition) is 2. The van der Waals surface area contributed by atoms with Crippen molar-refractivity contribution in [3.63, 3.8) is 0 Å². The van der Waals surface area contributed by atoms with Crippen molar-refractivity contribution in [2.24, 2.45) is 11.7 Å². The van der Waals surface area contributed by atoms with Gasteiger partial charge in [0.25, 0.3) is 0 Å². The Balaban J connectivity index is 3.17. The quantitative estimate of drug-likeness (QED) is 0.809. The van der Waals surface area contributed by atoms with Crippen LogP contribution in [0.15, 0.2) is 12.1 Å². The lowest BCUT2D eigenvalue weighted by Gasteiger charge is -2.23. The van der Waals surface area contributed by atoms with Gasteiger partial charge in [-0.25, -0.2) is 8.78 Å². The molecule has 0 amide bonds. The van der Waals surface area contributed by atoms with E-state index in [4.69, 9.17) is 17.3 Å². The summed E-state index contributed by atoms with van der Waals surface area (Å²) in [5, 5.41) is 9.35. The highest BCUT2D eigenvalue weighted by Crippen LogP contribution is 2.30. The third kappa shape index (κ3) is 2.51. The van der Waals surface area contributed by atoms with E-state index in [9.17, 15) is 13.9 Å². The van der Waals surface area contributed by atoms with Gasteiger partial charge in [-0.1, -0.05) is 25.4 Å². The van der Waals surface area contributed by atoms with E-state index in [2.05, 4.69) is 0 Å². The van der Waals surface area contributed by atoms with Crippen molar-refractivity contribution >= 4 is 11.6 Å². The first kappa shape index (κ1) is 13.4. The van der Waals surface area contributed by atoms with Crippen molar-refractivity contribution in [1.29, 1.82) is 0 Å². The summed E-state index contributed by atoms with van der Waals surface area (Å²) in [5.74, 6) is -1.63. The molecule has 0 unspecified atom stereocenters. The molecule has 0 aliphatic heterocycles. The molecule has 1 aromatic rings. The van der Waals surface area contributed by atoms with Crippen molar-refractivity contribution in [1.82, 2.24) is 0 Å².